The zero-order valence-corrected chi connectivity index (χ0v) is 16.6. The van der Waals surface area contributed by atoms with Gasteiger partial charge < -0.3 is 19.9 Å². The van der Waals surface area contributed by atoms with E-state index in [1.807, 2.05) is 43.3 Å². The minimum atomic E-state index is -0.212. The summed E-state index contributed by atoms with van der Waals surface area (Å²) in [5.74, 6) is 0.464. The highest BCUT2D eigenvalue weighted by molar-refractivity contribution is 6.33. The molecule has 1 aliphatic heterocycles. The molecule has 1 N–H and O–H groups in total. The molecule has 0 unspecified atom stereocenters. The molecular formula is C21H26ClN3O2. The van der Waals surface area contributed by atoms with E-state index in [1.165, 1.54) is 0 Å². The fourth-order valence-electron chi connectivity index (χ4n) is 3.13. The first kappa shape index (κ1) is 19.5. The molecule has 2 aromatic rings. The van der Waals surface area contributed by atoms with Crippen molar-refractivity contribution in [2.45, 2.75) is 13.8 Å². The number of hydrogen-bond donors (Lipinski definition) is 1. The number of halogens is 1. The van der Waals surface area contributed by atoms with Crippen molar-refractivity contribution in [1.29, 1.82) is 0 Å². The van der Waals surface area contributed by atoms with Crippen LogP contribution in [0.2, 0.25) is 5.02 Å². The lowest BCUT2D eigenvalue weighted by molar-refractivity contribution is -0.118. The summed E-state index contributed by atoms with van der Waals surface area (Å²) in [4.78, 5) is 16.8. The zero-order chi connectivity index (χ0) is 19.2. The van der Waals surface area contributed by atoms with Gasteiger partial charge in [-0.05, 0) is 43.8 Å². The van der Waals surface area contributed by atoms with Crippen LogP contribution >= 0.6 is 11.6 Å². The van der Waals surface area contributed by atoms with Gasteiger partial charge in [0.05, 0.1) is 10.7 Å². The number of hydrogen-bond acceptors (Lipinski definition) is 4. The predicted octanol–water partition coefficient (Wildman–Crippen LogP) is 3.81. The Hall–Kier alpha value is -2.24. The van der Waals surface area contributed by atoms with Gasteiger partial charge in [0.1, 0.15) is 5.75 Å². The Kier molecular flexibility index (Phi) is 6.58. The summed E-state index contributed by atoms with van der Waals surface area (Å²) in [6.07, 6.45) is 0. The molecule has 5 nitrogen and oxygen atoms in total. The Bertz CT molecular complexity index is 771. The number of likely N-dealkylation sites (N-methyl/N-ethyl adjacent to an activating group) is 1. The summed E-state index contributed by atoms with van der Waals surface area (Å²) < 4.78 is 5.51. The van der Waals surface area contributed by atoms with Gasteiger partial charge in [-0.2, -0.15) is 0 Å². The fourth-order valence-corrected chi connectivity index (χ4v) is 3.43. The molecule has 1 heterocycles. The SMILES string of the molecule is CCN1CCN(c2ccc(NC(=O)COc3ccc(C)cc3)cc2Cl)CC1. The topological polar surface area (TPSA) is 44.8 Å². The summed E-state index contributed by atoms with van der Waals surface area (Å²) >= 11 is 6.47. The lowest BCUT2D eigenvalue weighted by Gasteiger charge is -2.36. The molecular weight excluding hydrogens is 362 g/mol. The lowest BCUT2D eigenvalue weighted by Crippen LogP contribution is -2.46. The molecule has 27 heavy (non-hydrogen) atoms. The van der Waals surface area contributed by atoms with E-state index >= 15 is 0 Å². The zero-order valence-electron chi connectivity index (χ0n) is 15.9. The Labute approximate surface area is 165 Å². The normalized spacial score (nSPS) is 14.9. The lowest BCUT2D eigenvalue weighted by atomic mass is 10.2. The van der Waals surface area contributed by atoms with Crippen LogP contribution in [-0.2, 0) is 4.79 Å². The van der Waals surface area contributed by atoms with Crippen molar-refractivity contribution in [1.82, 2.24) is 4.90 Å². The maximum Gasteiger partial charge on any atom is 0.262 e. The van der Waals surface area contributed by atoms with E-state index in [2.05, 4.69) is 22.0 Å². The van der Waals surface area contributed by atoms with Gasteiger partial charge in [0.2, 0.25) is 0 Å². The average molecular weight is 388 g/mol. The highest BCUT2D eigenvalue weighted by Crippen LogP contribution is 2.29. The van der Waals surface area contributed by atoms with Crippen LogP contribution in [0.15, 0.2) is 42.5 Å². The molecule has 1 aliphatic rings. The molecule has 0 spiro atoms. The molecule has 0 aromatic heterocycles. The van der Waals surface area contributed by atoms with Gasteiger partial charge in [-0.25, -0.2) is 0 Å². The van der Waals surface area contributed by atoms with Gasteiger partial charge in [0.15, 0.2) is 6.61 Å². The molecule has 1 amide bonds. The molecule has 144 valence electrons. The molecule has 0 aliphatic carbocycles. The van der Waals surface area contributed by atoms with Gasteiger partial charge in [-0.1, -0.05) is 36.2 Å². The molecule has 1 saturated heterocycles. The molecule has 0 atom stereocenters. The third-order valence-corrected chi connectivity index (χ3v) is 5.09. The van der Waals surface area contributed by atoms with Gasteiger partial charge in [0.25, 0.3) is 5.91 Å². The van der Waals surface area contributed by atoms with Crippen LogP contribution in [0.25, 0.3) is 0 Å². The van der Waals surface area contributed by atoms with Gasteiger partial charge in [0, 0.05) is 31.9 Å². The monoisotopic (exact) mass is 387 g/mol. The second-order valence-corrected chi connectivity index (χ2v) is 7.14. The van der Waals surface area contributed by atoms with E-state index in [0.29, 0.717) is 16.5 Å². The molecule has 0 saturated carbocycles. The van der Waals surface area contributed by atoms with Crippen molar-refractivity contribution < 1.29 is 9.53 Å². The maximum atomic E-state index is 12.1. The fraction of sp³-hybridized carbons (Fsp3) is 0.381. The minimum Gasteiger partial charge on any atom is -0.484 e. The molecule has 1 fully saturated rings. The number of nitrogens with zero attached hydrogens (tertiary/aromatic N) is 2. The van der Waals surface area contributed by atoms with Crippen LogP contribution in [0.3, 0.4) is 0 Å². The van der Waals surface area contributed by atoms with Crippen LogP contribution in [0.4, 0.5) is 11.4 Å². The van der Waals surface area contributed by atoms with E-state index in [-0.39, 0.29) is 12.5 Å². The number of benzene rings is 2. The number of amides is 1. The summed E-state index contributed by atoms with van der Waals surface area (Å²) in [6.45, 7) is 9.24. The third-order valence-electron chi connectivity index (χ3n) is 4.78. The van der Waals surface area contributed by atoms with Crippen LogP contribution in [0.5, 0.6) is 5.75 Å². The second-order valence-electron chi connectivity index (χ2n) is 6.74. The van der Waals surface area contributed by atoms with Crippen molar-refractivity contribution in [3.8, 4) is 5.75 Å². The average Bonchev–Trinajstić information content (AvgIpc) is 2.68. The molecule has 6 heteroatoms. The number of piperazine rings is 1. The Morgan fingerprint density at radius 3 is 2.44 bits per heavy atom. The van der Waals surface area contributed by atoms with Crippen LogP contribution in [0.1, 0.15) is 12.5 Å². The molecule has 3 rings (SSSR count). The van der Waals surface area contributed by atoms with Crippen molar-refractivity contribution in [3.63, 3.8) is 0 Å². The van der Waals surface area contributed by atoms with Crippen LogP contribution in [-0.4, -0.2) is 50.1 Å². The van der Waals surface area contributed by atoms with E-state index in [9.17, 15) is 4.79 Å². The van der Waals surface area contributed by atoms with Crippen molar-refractivity contribution >= 4 is 28.9 Å². The quantitative estimate of drug-likeness (QED) is 0.818. The van der Waals surface area contributed by atoms with Crippen molar-refractivity contribution in [3.05, 3.63) is 53.1 Å². The minimum absolute atomic E-state index is 0.0403. The second kappa shape index (κ2) is 9.11. The van der Waals surface area contributed by atoms with Gasteiger partial charge >= 0.3 is 0 Å². The summed E-state index contributed by atoms with van der Waals surface area (Å²) in [5.41, 5.74) is 2.84. The Balaban J connectivity index is 1.54. The van der Waals surface area contributed by atoms with Gasteiger partial charge in [-0.3, -0.25) is 4.79 Å². The number of aryl methyl sites for hydroxylation is 1. The van der Waals surface area contributed by atoms with Crippen molar-refractivity contribution in [2.75, 3.05) is 49.5 Å². The first-order valence-corrected chi connectivity index (χ1v) is 9.69. The summed E-state index contributed by atoms with van der Waals surface area (Å²) in [6, 6.07) is 13.3. The summed E-state index contributed by atoms with van der Waals surface area (Å²) in [7, 11) is 0. The standard InChI is InChI=1S/C21H26ClN3O2/c1-3-24-10-12-25(13-11-24)20-9-6-17(14-19(20)22)23-21(26)15-27-18-7-4-16(2)5-8-18/h4-9,14H,3,10-13,15H2,1-2H3,(H,23,26). The summed E-state index contributed by atoms with van der Waals surface area (Å²) in [5, 5.41) is 3.49. The van der Waals surface area contributed by atoms with Gasteiger partial charge in [-0.15, -0.1) is 0 Å². The highest BCUT2D eigenvalue weighted by atomic mass is 35.5. The number of nitrogens with one attached hydrogen (secondary N) is 1. The first-order valence-electron chi connectivity index (χ1n) is 9.31. The number of ether oxygens (including phenoxy) is 1. The maximum absolute atomic E-state index is 12.1. The number of carbonyl (C=O) groups is 1. The van der Waals surface area contributed by atoms with E-state index in [0.717, 1.165) is 44.0 Å². The number of rotatable bonds is 6. The highest BCUT2D eigenvalue weighted by Gasteiger charge is 2.18. The number of carbonyl (C=O) groups excluding carboxylic acids is 1. The van der Waals surface area contributed by atoms with E-state index in [4.69, 9.17) is 16.3 Å². The van der Waals surface area contributed by atoms with E-state index in [1.54, 1.807) is 6.07 Å². The smallest absolute Gasteiger partial charge is 0.262 e. The predicted molar refractivity (Wildman–Crippen MR) is 111 cm³/mol. The van der Waals surface area contributed by atoms with E-state index < -0.39 is 0 Å². The largest absolute Gasteiger partial charge is 0.484 e. The molecule has 0 bridgehead atoms. The molecule has 2 aromatic carbocycles. The van der Waals surface area contributed by atoms with Crippen LogP contribution < -0.4 is 15.0 Å². The third kappa shape index (κ3) is 5.37. The van der Waals surface area contributed by atoms with Crippen molar-refractivity contribution in [2.24, 2.45) is 0 Å². The molecule has 0 radical (unpaired) electrons. The number of anilines is 2. The van der Waals surface area contributed by atoms with Crippen LogP contribution in [0, 0.1) is 6.92 Å². The Morgan fingerprint density at radius 1 is 1.11 bits per heavy atom. The Morgan fingerprint density at radius 2 is 1.81 bits per heavy atom. The first-order chi connectivity index (χ1) is 13.0.